The maximum Gasteiger partial charge on any atom is 0.150 e. The number of alkyl halides is 1. The molecule has 0 fully saturated rings. The van der Waals surface area contributed by atoms with E-state index >= 15 is 0 Å². The van der Waals surface area contributed by atoms with E-state index < -0.39 is 0 Å². The van der Waals surface area contributed by atoms with E-state index in [-0.39, 0.29) is 0 Å². The minimum Gasteiger partial charge on any atom is -0.492 e. The minimum atomic E-state index is 0.641. The lowest BCUT2D eigenvalue weighted by atomic mass is 10.1. The zero-order chi connectivity index (χ0) is 10.6. The molecule has 2 nitrogen and oxygen atoms in total. The first-order chi connectivity index (χ1) is 6.69. The number of aldehydes is 1. The molecule has 0 amide bonds. The summed E-state index contributed by atoms with van der Waals surface area (Å²) >= 11 is 3.30. The average molecular weight is 257 g/mol. The SMILES string of the molecule is Cc1cc(C=O)cc(C)c1OCCBr. The van der Waals surface area contributed by atoms with E-state index in [1.807, 2.05) is 26.0 Å². The van der Waals surface area contributed by atoms with Crippen molar-refractivity contribution in [3.05, 3.63) is 28.8 Å². The van der Waals surface area contributed by atoms with Gasteiger partial charge in [0.15, 0.2) is 0 Å². The van der Waals surface area contributed by atoms with E-state index in [0.29, 0.717) is 12.2 Å². The summed E-state index contributed by atoms with van der Waals surface area (Å²) in [5.41, 5.74) is 2.72. The van der Waals surface area contributed by atoms with Crippen molar-refractivity contribution in [2.75, 3.05) is 11.9 Å². The molecule has 0 heterocycles. The van der Waals surface area contributed by atoms with Gasteiger partial charge in [0.1, 0.15) is 12.0 Å². The van der Waals surface area contributed by atoms with E-state index in [1.165, 1.54) is 0 Å². The van der Waals surface area contributed by atoms with Crippen LogP contribution >= 0.6 is 15.9 Å². The lowest BCUT2D eigenvalue weighted by Gasteiger charge is -2.11. The number of hydrogen-bond acceptors (Lipinski definition) is 2. The van der Waals surface area contributed by atoms with E-state index in [9.17, 15) is 4.79 Å². The third kappa shape index (κ3) is 2.58. The third-order valence-electron chi connectivity index (χ3n) is 1.94. The molecule has 0 N–H and O–H groups in total. The Morgan fingerprint density at radius 2 is 1.93 bits per heavy atom. The molecule has 1 aromatic carbocycles. The van der Waals surface area contributed by atoms with Crippen molar-refractivity contribution in [1.29, 1.82) is 0 Å². The molecule has 1 rings (SSSR count). The number of aryl methyl sites for hydroxylation is 2. The topological polar surface area (TPSA) is 26.3 Å². The summed E-state index contributed by atoms with van der Waals surface area (Å²) in [7, 11) is 0. The van der Waals surface area contributed by atoms with Crippen LogP contribution in [0.3, 0.4) is 0 Å². The Bertz CT molecular complexity index is 311. The molecule has 0 radical (unpaired) electrons. The molecule has 76 valence electrons. The number of carbonyl (C=O) groups excluding carboxylic acids is 1. The average Bonchev–Trinajstić information content (AvgIpc) is 2.16. The predicted octanol–water partition coefficient (Wildman–Crippen LogP) is 2.89. The van der Waals surface area contributed by atoms with Crippen LogP contribution in [-0.4, -0.2) is 18.2 Å². The lowest BCUT2D eigenvalue weighted by molar-refractivity contribution is 0.112. The van der Waals surface area contributed by atoms with Gasteiger partial charge in [-0.3, -0.25) is 4.79 Å². The Balaban J connectivity index is 2.99. The normalized spacial score (nSPS) is 9.93. The molecule has 0 saturated heterocycles. The molecular formula is C11H13BrO2. The number of rotatable bonds is 4. The maximum atomic E-state index is 10.6. The summed E-state index contributed by atoms with van der Waals surface area (Å²) in [6.07, 6.45) is 0.855. The van der Waals surface area contributed by atoms with Crippen molar-refractivity contribution >= 4 is 22.2 Å². The zero-order valence-electron chi connectivity index (χ0n) is 8.34. The van der Waals surface area contributed by atoms with Crippen LogP contribution < -0.4 is 4.74 Å². The minimum absolute atomic E-state index is 0.641. The van der Waals surface area contributed by atoms with Gasteiger partial charge in [0, 0.05) is 10.9 Å². The summed E-state index contributed by atoms with van der Waals surface area (Å²) in [5.74, 6) is 0.884. The summed E-state index contributed by atoms with van der Waals surface area (Å²) in [5, 5.41) is 0.807. The molecule has 14 heavy (non-hydrogen) atoms. The zero-order valence-corrected chi connectivity index (χ0v) is 9.93. The predicted molar refractivity (Wildman–Crippen MR) is 60.6 cm³/mol. The van der Waals surface area contributed by atoms with Crippen LogP contribution in [0.25, 0.3) is 0 Å². The number of halogens is 1. The Labute approximate surface area is 92.4 Å². The Hall–Kier alpha value is -0.830. The number of benzene rings is 1. The smallest absolute Gasteiger partial charge is 0.150 e. The van der Waals surface area contributed by atoms with Gasteiger partial charge in [-0.05, 0) is 37.1 Å². The van der Waals surface area contributed by atoms with E-state index in [4.69, 9.17) is 4.74 Å². The van der Waals surface area contributed by atoms with Gasteiger partial charge in [-0.15, -0.1) is 0 Å². The van der Waals surface area contributed by atoms with Gasteiger partial charge in [0.2, 0.25) is 0 Å². The van der Waals surface area contributed by atoms with Gasteiger partial charge in [-0.25, -0.2) is 0 Å². The monoisotopic (exact) mass is 256 g/mol. The Morgan fingerprint density at radius 3 is 2.36 bits per heavy atom. The van der Waals surface area contributed by atoms with Crippen LogP contribution in [-0.2, 0) is 0 Å². The van der Waals surface area contributed by atoms with Crippen molar-refractivity contribution in [2.45, 2.75) is 13.8 Å². The fourth-order valence-electron chi connectivity index (χ4n) is 1.42. The molecule has 0 aliphatic carbocycles. The van der Waals surface area contributed by atoms with Crippen LogP contribution in [0.5, 0.6) is 5.75 Å². The third-order valence-corrected chi connectivity index (χ3v) is 2.27. The fourth-order valence-corrected chi connectivity index (χ4v) is 1.58. The highest BCUT2D eigenvalue weighted by molar-refractivity contribution is 9.09. The van der Waals surface area contributed by atoms with Gasteiger partial charge < -0.3 is 4.74 Å². The summed E-state index contributed by atoms with van der Waals surface area (Å²) in [4.78, 5) is 10.6. The van der Waals surface area contributed by atoms with Gasteiger partial charge in [0.25, 0.3) is 0 Å². The van der Waals surface area contributed by atoms with Crippen LogP contribution in [0.2, 0.25) is 0 Å². The first kappa shape index (κ1) is 11.2. The summed E-state index contributed by atoms with van der Waals surface area (Å²) < 4.78 is 5.55. The van der Waals surface area contributed by atoms with Crippen molar-refractivity contribution in [3.63, 3.8) is 0 Å². The van der Waals surface area contributed by atoms with Crippen molar-refractivity contribution in [1.82, 2.24) is 0 Å². The molecule has 0 atom stereocenters. The van der Waals surface area contributed by atoms with Gasteiger partial charge in [-0.2, -0.15) is 0 Å². The molecule has 0 saturated carbocycles. The maximum absolute atomic E-state index is 10.6. The van der Waals surface area contributed by atoms with Gasteiger partial charge in [0.05, 0.1) is 6.61 Å². The van der Waals surface area contributed by atoms with E-state index in [2.05, 4.69) is 15.9 Å². The molecular weight excluding hydrogens is 244 g/mol. The van der Waals surface area contributed by atoms with Gasteiger partial charge in [-0.1, -0.05) is 15.9 Å². The van der Waals surface area contributed by atoms with Gasteiger partial charge >= 0.3 is 0 Å². The summed E-state index contributed by atoms with van der Waals surface area (Å²) in [6.45, 7) is 4.54. The second-order valence-electron chi connectivity index (χ2n) is 3.14. The largest absolute Gasteiger partial charge is 0.492 e. The van der Waals surface area contributed by atoms with E-state index in [1.54, 1.807) is 0 Å². The van der Waals surface area contributed by atoms with Crippen molar-refractivity contribution in [3.8, 4) is 5.75 Å². The van der Waals surface area contributed by atoms with Crippen LogP contribution in [0.4, 0.5) is 0 Å². The van der Waals surface area contributed by atoms with E-state index in [0.717, 1.165) is 28.5 Å². The van der Waals surface area contributed by atoms with Crippen LogP contribution in [0.1, 0.15) is 21.5 Å². The lowest BCUT2D eigenvalue weighted by Crippen LogP contribution is -2.02. The molecule has 1 aromatic rings. The molecule has 0 spiro atoms. The Morgan fingerprint density at radius 1 is 1.36 bits per heavy atom. The van der Waals surface area contributed by atoms with Crippen LogP contribution in [0.15, 0.2) is 12.1 Å². The molecule has 0 unspecified atom stereocenters. The highest BCUT2D eigenvalue weighted by atomic mass is 79.9. The second-order valence-corrected chi connectivity index (χ2v) is 3.93. The standard InChI is InChI=1S/C11H13BrO2/c1-8-5-10(7-13)6-9(2)11(8)14-4-3-12/h5-7H,3-4H2,1-2H3. The molecule has 0 bridgehead atoms. The number of ether oxygens (including phenoxy) is 1. The number of carbonyl (C=O) groups is 1. The fraction of sp³-hybridized carbons (Fsp3) is 0.364. The highest BCUT2D eigenvalue weighted by Gasteiger charge is 2.05. The van der Waals surface area contributed by atoms with Crippen molar-refractivity contribution < 1.29 is 9.53 Å². The van der Waals surface area contributed by atoms with Crippen LogP contribution in [0, 0.1) is 13.8 Å². The quantitative estimate of drug-likeness (QED) is 0.612. The molecule has 0 aliphatic rings. The Kier molecular flexibility index (Phi) is 4.14. The highest BCUT2D eigenvalue weighted by Crippen LogP contribution is 2.24. The molecule has 0 aliphatic heterocycles. The number of hydrogen-bond donors (Lipinski definition) is 0. The molecule has 0 aromatic heterocycles. The van der Waals surface area contributed by atoms with Crippen molar-refractivity contribution in [2.24, 2.45) is 0 Å². The second kappa shape index (κ2) is 5.15. The molecule has 3 heteroatoms. The first-order valence-corrected chi connectivity index (χ1v) is 5.56. The summed E-state index contributed by atoms with van der Waals surface area (Å²) in [6, 6.07) is 3.67. The first-order valence-electron chi connectivity index (χ1n) is 4.44.